The molecule has 0 aliphatic carbocycles. The van der Waals surface area contributed by atoms with Gasteiger partial charge in [0.05, 0.1) is 6.10 Å². The number of hydrogen-bond acceptors (Lipinski definition) is 4. The predicted molar refractivity (Wildman–Crippen MR) is 64.8 cm³/mol. The number of thiophene rings is 1. The molecule has 1 fully saturated rings. The van der Waals surface area contributed by atoms with E-state index >= 15 is 0 Å². The third-order valence-corrected chi connectivity index (χ3v) is 3.51. The summed E-state index contributed by atoms with van der Waals surface area (Å²) in [6.45, 7) is 0.764. The molecule has 2 rings (SSSR count). The van der Waals surface area contributed by atoms with E-state index in [-0.39, 0.29) is 12.5 Å². The van der Waals surface area contributed by atoms with E-state index in [1.807, 2.05) is 0 Å². The molecule has 4 nitrogen and oxygen atoms in total. The van der Waals surface area contributed by atoms with Gasteiger partial charge in [-0.15, -0.1) is 11.3 Å². The van der Waals surface area contributed by atoms with E-state index in [1.165, 1.54) is 11.3 Å². The van der Waals surface area contributed by atoms with Crippen molar-refractivity contribution in [1.82, 2.24) is 4.90 Å². The van der Waals surface area contributed by atoms with Crippen LogP contribution in [0.1, 0.15) is 21.7 Å². The Morgan fingerprint density at radius 2 is 2.47 bits per heavy atom. The molecule has 17 heavy (non-hydrogen) atoms. The number of amides is 1. The van der Waals surface area contributed by atoms with Crippen LogP contribution in [0.4, 0.5) is 0 Å². The Morgan fingerprint density at radius 1 is 1.65 bits per heavy atom. The molecular weight excluding hydrogens is 238 g/mol. The van der Waals surface area contributed by atoms with Gasteiger partial charge in [-0.1, -0.05) is 11.8 Å². The fraction of sp³-hybridized carbons (Fsp3) is 0.417. The van der Waals surface area contributed by atoms with Crippen LogP contribution in [0.15, 0.2) is 11.4 Å². The number of β-amino-alcohol motifs (C(OH)–C–C–N with tert-alkyl or cyclic N) is 1. The third kappa shape index (κ3) is 2.67. The Balaban J connectivity index is 2.17. The van der Waals surface area contributed by atoms with E-state index in [9.17, 15) is 9.90 Å². The van der Waals surface area contributed by atoms with E-state index in [1.54, 1.807) is 16.3 Å². The van der Waals surface area contributed by atoms with Crippen molar-refractivity contribution < 1.29 is 15.0 Å². The Hall–Kier alpha value is -1.35. The van der Waals surface area contributed by atoms with Gasteiger partial charge < -0.3 is 15.1 Å². The molecule has 0 bridgehead atoms. The molecule has 1 aliphatic rings. The van der Waals surface area contributed by atoms with Gasteiger partial charge in [0.1, 0.15) is 11.5 Å². The highest BCUT2D eigenvalue weighted by Gasteiger charge is 2.27. The number of aliphatic hydroxyl groups is 2. The Labute approximate surface area is 103 Å². The minimum absolute atomic E-state index is 0.0845. The lowest BCUT2D eigenvalue weighted by atomic mass is 10.2. The smallest absolute Gasteiger partial charge is 0.265 e. The lowest BCUT2D eigenvalue weighted by molar-refractivity contribution is 0.0769. The summed E-state index contributed by atoms with van der Waals surface area (Å²) >= 11 is 1.34. The van der Waals surface area contributed by atoms with Crippen molar-refractivity contribution in [2.75, 3.05) is 19.7 Å². The van der Waals surface area contributed by atoms with Crippen molar-refractivity contribution in [2.24, 2.45) is 0 Å². The molecule has 1 unspecified atom stereocenters. The maximum absolute atomic E-state index is 12.1. The summed E-state index contributed by atoms with van der Waals surface area (Å²) in [5.41, 5.74) is 0.649. The van der Waals surface area contributed by atoms with E-state index < -0.39 is 6.10 Å². The number of aliphatic hydroxyl groups excluding tert-OH is 2. The van der Waals surface area contributed by atoms with Gasteiger partial charge >= 0.3 is 0 Å². The van der Waals surface area contributed by atoms with Crippen LogP contribution < -0.4 is 0 Å². The molecule has 2 heterocycles. The van der Waals surface area contributed by atoms with Crippen molar-refractivity contribution in [3.8, 4) is 11.8 Å². The normalized spacial score (nSPS) is 18.9. The van der Waals surface area contributed by atoms with Crippen LogP contribution in [0.25, 0.3) is 0 Å². The molecule has 1 aromatic heterocycles. The summed E-state index contributed by atoms with van der Waals surface area (Å²) in [5.74, 6) is 5.21. The maximum Gasteiger partial charge on any atom is 0.265 e. The van der Waals surface area contributed by atoms with Crippen LogP contribution >= 0.6 is 11.3 Å². The molecule has 0 aromatic carbocycles. The SMILES string of the molecule is O=C(c1sccc1C#CCO)N1CCC(O)C1. The molecule has 1 saturated heterocycles. The minimum atomic E-state index is -0.411. The molecule has 2 N–H and O–H groups in total. The number of rotatable bonds is 1. The van der Waals surface area contributed by atoms with Gasteiger partial charge in [0.25, 0.3) is 5.91 Å². The molecule has 90 valence electrons. The molecule has 0 spiro atoms. The largest absolute Gasteiger partial charge is 0.391 e. The van der Waals surface area contributed by atoms with E-state index in [2.05, 4.69) is 11.8 Å². The van der Waals surface area contributed by atoms with Gasteiger partial charge in [-0.05, 0) is 17.9 Å². The maximum atomic E-state index is 12.1. The van der Waals surface area contributed by atoms with E-state index in [0.29, 0.717) is 30.0 Å². The first-order valence-corrected chi connectivity index (χ1v) is 6.25. The van der Waals surface area contributed by atoms with Crippen molar-refractivity contribution in [3.63, 3.8) is 0 Å². The van der Waals surface area contributed by atoms with Crippen molar-refractivity contribution in [2.45, 2.75) is 12.5 Å². The number of nitrogens with zero attached hydrogens (tertiary/aromatic N) is 1. The van der Waals surface area contributed by atoms with Crippen LogP contribution in [0.5, 0.6) is 0 Å². The Kier molecular flexibility index (Phi) is 3.79. The summed E-state index contributed by atoms with van der Waals surface area (Å²) in [4.78, 5) is 14.4. The van der Waals surface area contributed by atoms with Gasteiger partial charge in [0, 0.05) is 18.7 Å². The first-order valence-electron chi connectivity index (χ1n) is 5.37. The topological polar surface area (TPSA) is 60.8 Å². The average molecular weight is 251 g/mol. The standard InChI is InChI=1S/C12H13NO3S/c14-6-1-2-9-4-7-17-11(9)12(16)13-5-3-10(15)8-13/h4,7,10,14-15H,3,5-6,8H2. The zero-order valence-corrected chi connectivity index (χ0v) is 10.0. The summed E-state index contributed by atoms with van der Waals surface area (Å²) in [5, 5.41) is 19.9. The van der Waals surface area contributed by atoms with Gasteiger partial charge in [0.2, 0.25) is 0 Å². The zero-order chi connectivity index (χ0) is 12.3. The predicted octanol–water partition coefficient (Wildman–Crippen LogP) is 0.299. The van der Waals surface area contributed by atoms with Gasteiger partial charge in [-0.2, -0.15) is 0 Å². The summed E-state index contributed by atoms with van der Waals surface area (Å²) in [6, 6.07) is 1.77. The molecule has 5 heteroatoms. The summed E-state index contributed by atoms with van der Waals surface area (Å²) in [6.07, 6.45) is 0.222. The quantitative estimate of drug-likeness (QED) is 0.706. The molecule has 1 atom stereocenters. The molecule has 0 radical (unpaired) electrons. The number of carbonyl (C=O) groups is 1. The zero-order valence-electron chi connectivity index (χ0n) is 9.22. The molecule has 1 aliphatic heterocycles. The highest BCUT2D eigenvalue weighted by Crippen LogP contribution is 2.20. The van der Waals surface area contributed by atoms with Crippen LogP contribution in [-0.4, -0.2) is 46.8 Å². The molecule has 1 aromatic rings. The average Bonchev–Trinajstić information content (AvgIpc) is 2.94. The van der Waals surface area contributed by atoms with Crippen LogP contribution in [0.2, 0.25) is 0 Å². The number of likely N-dealkylation sites (tertiary alicyclic amines) is 1. The first kappa shape index (κ1) is 12.1. The van der Waals surface area contributed by atoms with E-state index in [0.717, 1.165) is 0 Å². The fourth-order valence-corrected chi connectivity index (χ4v) is 2.59. The third-order valence-electron chi connectivity index (χ3n) is 2.61. The van der Waals surface area contributed by atoms with Crippen LogP contribution in [0.3, 0.4) is 0 Å². The molecular formula is C12H13NO3S. The van der Waals surface area contributed by atoms with Crippen LogP contribution in [-0.2, 0) is 0 Å². The van der Waals surface area contributed by atoms with Crippen molar-refractivity contribution in [3.05, 3.63) is 21.9 Å². The Bertz CT molecular complexity index is 472. The second-order valence-corrected chi connectivity index (χ2v) is 4.73. The summed E-state index contributed by atoms with van der Waals surface area (Å²) < 4.78 is 0. The second kappa shape index (κ2) is 5.32. The number of carbonyl (C=O) groups excluding carboxylic acids is 1. The van der Waals surface area contributed by atoms with Crippen molar-refractivity contribution in [1.29, 1.82) is 0 Å². The number of hydrogen-bond donors (Lipinski definition) is 2. The van der Waals surface area contributed by atoms with Gasteiger partial charge in [0.15, 0.2) is 0 Å². The monoisotopic (exact) mass is 251 g/mol. The Morgan fingerprint density at radius 3 is 3.12 bits per heavy atom. The first-order chi connectivity index (χ1) is 8.22. The van der Waals surface area contributed by atoms with Gasteiger partial charge in [-0.3, -0.25) is 4.79 Å². The highest BCUT2D eigenvalue weighted by molar-refractivity contribution is 7.12. The van der Waals surface area contributed by atoms with Gasteiger partial charge in [-0.25, -0.2) is 0 Å². The molecule has 0 saturated carbocycles. The summed E-state index contributed by atoms with van der Waals surface area (Å²) in [7, 11) is 0. The lowest BCUT2D eigenvalue weighted by Crippen LogP contribution is -2.29. The van der Waals surface area contributed by atoms with Crippen molar-refractivity contribution >= 4 is 17.2 Å². The lowest BCUT2D eigenvalue weighted by Gasteiger charge is -2.14. The minimum Gasteiger partial charge on any atom is -0.391 e. The molecule has 1 amide bonds. The van der Waals surface area contributed by atoms with Crippen LogP contribution in [0, 0.1) is 11.8 Å². The fourth-order valence-electron chi connectivity index (χ4n) is 1.78. The van der Waals surface area contributed by atoms with E-state index in [4.69, 9.17) is 5.11 Å². The second-order valence-electron chi connectivity index (χ2n) is 3.82. The highest BCUT2D eigenvalue weighted by atomic mass is 32.1.